The van der Waals surface area contributed by atoms with E-state index in [2.05, 4.69) is 25.4 Å². The predicted octanol–water partition coefficient (Wildman–Crippen LogP) is 2.30. The van der Waals surface area contributed by atoms with Crippen molar-refractivity contribution >= 4 is 17.5 Å². The Hall–Kier alpha value is -1.86. The van der Waals surface area contributed by atoms with Crippen molar-refractivity contribution in [3.8, 4) is 0 Å². The number of carbonyl (C=O) groups excluding carboxylic acids is 1. The summed E-state index contributed by atoms with van der Waals surface area (Å²) in [4.78, 5) is 21.9. The molecule has 1 aromatic heterocycles. The molecule has 4 heterocycles. The zero-order chi connectivity index (χ0) is 18.5. The van der Waals surface area contributed by atoms with Crippen LogP contribution in [-0.4, -0.2) is 67.9 Å². The van der Waals surface area contributed by atoms with Crippen LogP contribution in [0.25, 0.3) is 0 Å². The number of amides is 2. The summed E-state index contributed by atoms with van der Waals surface area (Å²) >= 11 is 0. The second kappa shape index (κ2) is 8.89. The van der Waals surface area contributed by atoms with E-state index in [-0.39, 0.29) is 6.03 Å². The van der Waals surface area contributed by atoms with Gasteiger partial charge in [-0.25, -0.2) is 9.78 Å². The molecule has 0 unspecified atom stereocenters. The molecule has 7 nitrogen and oxygen atoms in total. The first-order valence-electron chi connectivity index (χ1n) is 10.4. The number of nitrogens with one attached hydrogen (secondary N) is 2. The molecule has 1 aromatic rings. The molecule has 3 aliphatic rings. The summed E-state index contributed by atoms with van der Waals surface area (Å²) in [7, 11) is 0. The lowest BCUT2D eigenvalue weighted by Crippen LogP contribution is -2.48. The molecule has 0 aromatic carbocycles. The zero-order valence-corrected chi connectivity index (χ0v) is 16.0. The Labute approximate surface area is 161 Å². The monoisotopic (exact) mass is 373 g/mol. The highest BCUT2D eigenvalue weighted by molar-refractivity contribution is 5.92. The number of rotatable bonds is 6. The number of hydrogen-bond acceptors (Lipinski definition) is 5. The summed E-state index contributed by atoms with van der Waals surface area (Å²) in [5.41, 5.74) is 0.791. The molecular formula is C20H31N5O2. The first kappa shape index (κ1) is 18.5. The minimum absolute atomic E-state index is 0.147. The topological polar surface area (TPSA) is 69.7 Å². The number of nitrogens with zero attached hydrogens (tertiary/aromatic N) is 3. The van der Waals surface area contributed by atoms with Crippen molar-refractivity contribution in [2.75, 3.05) is 56.2 Å². The summed E-state index contributed by atoms with van der Waals surface area (Å²) in [5.74, 6) is 1.40. The van der Waals surface area contributed by atoms with E-state index in [1.54, 1.807) is 6.20 Å². The summed E-state index contributed by atoms with van der Waals surface area (Å²) in [6.07, 6.45) is 7.76. The highest BCUT2D eigenvalue weighted by Gasteiger charge is 2.32. The van der Waals surface area contributed by atoms with E-state index in [0.717, 1.165) is 57.3 Å². The van der Waals surface area contributed by atoms with Crippen LogP contribution in [0, 0.1) is 5.92 Å². The van der Waals surface area contributed by atoms with Gasteiger partial charge in [0.25, 0.3) is 0 Å². The van der Waals surface area contributed by atoms with Crippen molar-refractivity contribution in [2.45, 2.75) is 38.1 Å². The van der Waals surface area contributed by atoms with Crippen LogP contribution in [-0.2, 0) is 4.74 Å². The van der Waals surface area contributed by atoms with Gasteiger partial charge in [-0.15, -0.1) is 0 Å². The highest BCUT2D eigenvalue weighted by Crippen LogP contribution is 2.26. The number of carbonyl (C=O) groups is 1. The molecule has 2 amide bonds. The molecule has 27 heavy (non-hydrogen) atoms. The van der Waals surface area contributed by atoms with Crippen LogP contribution < -0.4 is 15.5 Å². The van der Waals surface area contributed by atoms with Crippen molar-refractivity contribution < 1.29 is 9.53 Å². The summed E-state index contributed by atoms with van der Waals surface area (Å²) in [5, 5.41) is 6.13. The molecule has 148 valence electrons. The fraction of sp³-hybridized carbons (Fsp3) is 0.700. The van der Waals surface area contributed by atoms with E-state index >= 15 is 0 Å². The van der Waals surface area contributed by atoms with Gasteiger partial charge in [0.2, 0.25) is 0 Å². The van der Waals surface area contributed by atoms with Crippen LogP contribution >= 0.6 is 0 Å². The lowest BCUT2D eigenvalue weighted by molar-refractivity contribution is 0.135. The van der Waals surface area contributed by atoms with Gasteiger partial charge in [0.15, 0.2) is 5.82 Å². The Bertz CT molecular complexity index is 607. The van der Waals surface area contributed by atoms with Crippen LogP contribution in [0.15, 0.2) is 18.3 Å². The molecule has 2 atom stereocenters. The van der Waals surface area contributed by atoms with Gasteiger partial charge in [0, 0.05) is 44.4 Å². The van der Waals surface area contributed by atoms with Crippen molar-refractivity contribution in [1.82, 2.24) is 15.2 Å². The Kier molecular flexibility index (Phi) is 6.09. The molecule has 4 rings (SSSR count). The van der Waals surface area contributed by atoms with Crippen molar-refractivity contribution in [3.63, 3.8) is 0 Å². The summed E-state index contributed by atoms with van der Waals surface area (Å²) in [6, 6.07) is 4.03. The molecule has 0 spiro atoms. The maximum Gasteiger partial charge on any atom is 0.319 e. The quantitative estimate of drug-likeness (QED) is 0.801. The Morgan fingerprint density at radius 3 is 2.74 bits per heavy atom. The average Bonchev–Trinajstić information content (AvgIpc) is 3.45. The van der Waals surface area contributed by atoms with Crippen molar-refractivity contribution in [1.29, 1.82) is 0 Å². The third-order valence-corrected chi connectivity index (χ3v) is 6.03. The maximum absolute atomic E-state index is 12.6. The lowest BCUT2D eigenvalue weighted by atomic mass is 9.97. The average molecular weight is 374 g/mol. The first-order valence-corrected chi connectivity index (χ1v) is 10.4. The molecule has 0 aliphatic carbocycles. The lowest BCUT2D eigenvalue weighted by Gasteiger charge is -2.32. The first-order chi connectivity index (χ1) is 13.3. The molecule has 2 N–H and O–H groups in total. The maximum atomic E-state index is 12.6. The minimum atomic E-state index is -0.147. The SMILES string of the molecule is O=C(NC[C@H]([C@H]1CCOC1)N1CCCC1)Nc1cccnc1N1CCCC1. The number of ether oxygens (including phenoxy) is 1. The molecule has 3 fully saturated rings. The van der Waals surface area contributed by atoms with Crippen molar-refractivity contribution in [3.05, 3.63) is 18.3 Å². The Balaban J connectivity index is 1.36. The normalized spacial score (nSPS) is 24.3. The molecule has 3 saturated heterocycles. The summed E-state index contributed by atoms with van der Waals surface area (Å²) < 4.78 is 5.60. The fourth-order valence-electron chi connectivity index (χ4n) is 4.56. The fourth-order valence-corrected chi connectivity index (χ4v) is 4.56. The van der Waals surface area contributed by atoms with Gasteiger partial charge in [-0.3, -0.25) is 4.90 Å². The van der Waals surface area contributed by atoms with Gasteiger partial charge in [-0.2, -0.15) is 0 Å². The number of aromatic nitrogens is 1. The van der Waals surface area contributed by atoms with Crippen LogP contribution in [0.1, 0.15) is 32.1 Å². The Morgan fingerprint density at radius 2 is 2.00 bits per heavy atom. The molecule has 0 saturated carbocycles. The minimum Gasteiger partial charge on any atom is -0.381 e. The van der Waals surface area contributed by atoms with Crippen LogP contribution in [0.4, 0.5) is 16.3 Å². The van der Waals surface area contributed by atoms with E-state index in [4.69, 9.17) is 4.74 Å². The highest BCUT2D eigenvalue weighted by atomic mass is 16.5. The standard InChI is InChI=1S/C20H31N5O2/c26-20(23-17-6-5-8-21-19(17)25-11-3-4-12-25)22-14-18(16-7-13-27-15-16)24-9-1-2-10-24/h5-6,8,16,18H,1-4,7,9-15H2,(H2,22,23,26)/t16-,18+/m0/s1. The van der Waals surface area contributed by atoms with E-state index in [1.807, 2.05) is 12.1 Å². The Morgan fingerprint density at radius 1 is 1.22 bits per heavy atom. The van der Waals surface area contributed by atoms with Crippen LogP contribution in [0.5, 0.6) is 0 Å². The van der Waals surface area contributed by atoms with E-state index in [1.165, 1.54) is 25.7 Å². The number of urea groups is 1. The molecular weight excluding hydrogens is 342 g/mol. The number of pyridine rings is 1. The van der Waals surface area contributed by atoms with Gasteiger partial charge in [-0.1, -0.05) is 0 Å². The summed E-state index contributed by atoms with van der Waals surface area (Å²) in [6.45, 7) is 6.60. The molecule has 0 bridgehead atoms. The molecule has 3 aliphatic heterocycles. The third-order valence-electron chi connectivity index (χ3n) is 6.03. The largest absolute Gasteiger partial charge is 0.381 e. The second-order valence-corrected chi connectivity index (χ2v) is 7.84. The molecule has 7 heteroatoms. The zero-order valence-electron chi connectivity index (χ0n) is 16.0. The number of likely N-dealkylation sites (tertiary alicyclic amines) is 1. The van der Waals surface area contributed by atoms with Gasteiger partial charge >= 0.3 is 6.03 Å². The number of anilines is 2. The smallest absolute Gasteiger partial charge is 0.319 e. The van der Waals surface area contributed by atoms with E-state index < -0.39 is 0 Å². The van der Waals surface area contributed by atoms with Crippen molar-refractivity contribution in [2.24, 2.45) is 5.92 Å². The third kappa shape index (κ3) is 4.52. The molecule has 0 radical (unpaired) electrons. The van der Waals surface area contributed by atoms with Gasteiger partial charge in [0.05, 0.1) is 12.3 Å². The van der Waals surface area contributed by atoms with E-state index in [9.17, 15) is 4.79 Å². The number of hydrogen-bond donors (Lipinski definition) is 2. The van der Waals surface area contributed by atoms with Crippen LogP contribution in [0.2, 0.25) is 0 Å². The van der Waals surface area contributed by atoms with Gasteiger partial charge in [-0.05, 0) is 57.3 Å². The van der Waals surface area contributed by atoms with Gasteiger partial charge in [0.1, 0.15) is 0 Å². The predicted molar refractivity (Wildman–Crippen MR) is 106 cm³/mol. The van der Waals surface area contributed by atoms with Gasteiger partial charge < -0.3 is 20.3 Å². The van der Waals surface area contributed by atoms with E-state index in [0.29, 0.717) is 18.5 Å². The van der Waals surface area contributed by atoms with Crippen LogP contribution in [0.3, 0.4) is 0 Å². The second-order valence-electron chi connectivity index (χ2n) is 7.84.